The van der Waals surface area contributed by atoms with Crippen molar-refractivity contribution in [1.29, 1.82) is 0 Å². The van der Waals surface area contributed by atoms with Gasteiger partial charge in [0.15, 0.2) is 0 Å². The summed E-state index contributed by atoms with van der Waals surface area (Å²) in [5, 5.41) is 1.13. The fourth-order valence-electron chi connectivity index (χ4n) is 0.496. The molecule has 7 heavy (non-hydrogen) atoms. The maximum Gasteiger partial charge on any atom is 0.107 e. The van der Waals surface area contributed by atoms with E-state index in [2.05, 4.69) is 9.71 Å². The molecule has 1 atom stereocenters. The fraction of sp³-hybridized carbons (Fsp3) is 0.750. The zero-order chi connectivity index (χ0) is 5.28. The molecule has 0 aromatic rings. The van der Waals surface area contributed by atoms with E-state index in [-0.39, 0.29) is 0 Å². The largest absolute Gasteiger partial charge is 0.263 e. The number of aliphatic imine (C=N–C) groups is 1. The van der Waals surface area contributed by atoms with Crippen molar-refractivity contribution in [2.24, 2.45) is 4.99 Å². The zero-order valence-electron chi connectivity index (χ0n) is 4.43. The molecule has 0 aromatic carbocycles. The van der Waals surface area contributed by atoms with E-state index in [0.29, 0.717) is 6.17 Å². The van der Waals surface area contributed by atoms with Gasteiger partial charge in [-0.25, -0.2) is 4.72 Å². The van der Waals surface area contributed by atoms with Crippen LogP contribution < -0.4 is 4.72 Å². The molecule has 0 aliphatic carbocycles. The van der Waals surface area contributed by atoms with E-state index in [1.54, 1.807) is 11.9 Å². The SMILES string of the molecule is CC1=NC(C)NS1. The molecule has 1 aliphatic heterocycles. The molecular formula is C4H8N2S. The van der Waals surface area contributed by atoms with Gasteiger partial charge in [0.1, 0.15) is 6.17 Å². The predicted octanol–water partition coefficient (Wildman–Crippen LogP) is 1.00. The summed E-state index contributed by atoms with van der Waals surface area (Å²) in [5.41, 5.74) is 0. The van der Waals surface area contributed by atoms with Crippen LogP contribution in [0.5, 0.6) is 0 Å². The highest BCUT2D eigenvalue weighted by molar-refractivity contribution is 8.12. The smallest absolute Gasteiger partial charge is 0.107 e. The Hall–Kier alpha value is -0.0200. The molecule has 0 radical (unpaired) electrons. The van der Waals surface area contributed by atoms with Gasteiger partial charge >= 0.3 is 0 Å². The molecule has 40 valence electrons. The number of rotatable bonds is 0. The molecule has 1 heterocycles. The molecule has 0 aromatic heterocycles. The minimum atomic E-state index is 0.324. The van der Waals surface area contributed by atoms with Crippen molar-refractivity contribution in [3.05, 3.63) is 0 Å². The summed E-state index contributed by atoms with van der Waals surface area (Å²) in [6.07, 6.45) is 0.324. The van der Waals surface area contributed by atoms with Crippen LogP contribution in [-0.4, -0.2) is 11.2 Å². The first-order valence-corrected chi connectivity index (χ1v) is 3.07. The minimum Gasteiger partial charge on any atom is -0.263 e. The maximum absolute atomic E-state index is 4.16. The normalized spacial score (nSPS) is 30.6. The third-order valence-electron chi connectivity index (χ3n) is 0.753. The average molecular weight is 116 g/mol. The Morgan fingerprint density at radius 2 is 2.57 bits per heavy atom. The van der Waals surface area contributed by atoms with Crippen LogP contribution in [0.2, 0.25) is 0 Å². The van der Waals surface area contributed by atoms with Crippen LogP contribution in [0.3, 0.4) is 0 Å². The quantitative estimate of drug-likeness (QED) is 0.477. The summed E-state index contributed by atoms with van der Waals surface area (Å²) in [6, 6.07) is 0. The third kappa shape index (κ3) is 1.17. The third-order valence-corrected chi connectivity index (χ3v) is 1.61. The molecule has 0 spiro atoms. The lowest BCUT2D eigenvalue weighted by Gasteiger charge is -1.91. The van der Waals surface area contributed by atoms with Crippen LogP contribution in [0.15, 0.2) is 4.99 Å². The van der Waals surface area contributed by atoms with Gasteiger partial charge < -0.3 is 0 Å². The second-order valence-electron chi connectivity index (χ2n) is 1.54. The molecule has 0 amide bonds. The second kappa shape index (κ2) is 1.84. The van der Waals surface area contributed by atoms with Gasteiger partial charge in [0.05, 0.1) is 5.04 Å². The second-order valence-corrected chi connectivity index (χ2v) is 2.57. The van der Waals surface area contributed by atoms with Gasteiger partial charge in [-0.15, -0.1) is 0 Å². The van der Waals surface area contributed by atoms with Crippen molar-refractivity contribution in [2.75, 3.05) is 0 Å². The number of nitrogens with zero attached hydrogens (tertiary/aromatic N) is 1. The van der Waals surface area contributed by atoms with E-state index in [9.17, 15) is 0 Å². The van der Waals surface area contributed by atoms with E-state index in [4.69, 9.17) is 0 Å². The van der Waals surface area contributed by atoms with E-state index in [0.717, 1.165) is 5.04 Å². The molecule has 0 saturated carbocycles. The fourth-order valence-corrected chi connectivity index (χ4v) is 1.10. The van der Waals surface area contributed by atoms with E-state index in [1.807, 2.05) is 13.8 Å². The van der Waals surface area contributed by atoms with E-state index < -0.39 is 0 Å². The number of nitrogens with one attached hydrogen (secondary N) is 1. The summed E-state index contributed by atoms with van der Waals surface area (Å²) in [7, 11) is 0. The van der Waals surface area contributed by atoms with Crippen LogP contribution in [0, 0.1) is 0 Å². The van der Waals surface area contributed by atoms with E-state index >= 15 is 0 Å². The van der Waals surface area contributed by atoms with Crippen LogP contribution in [0.25, 0.3) is 0 Å². The van der Waals surface area contributed by atoms with Crippen LogP contribution in [0.4, 0.5) is 0 Å². The molecular weight excluding hydrogens is 108 g/mol. The van der Waals surface area contributed by atoms with Crippen LogP contribution >= 0.6 is 11.9 Å². The van der Waals surface area contributed by atoms with Crippen molar-refractivity contribution >= 4 is 17.0 Å². The van der Waals surface area contributed by atoms with Gasteiger partial charge in [0, 0.05) is 0 Å². The van der Waals surface area contributed by atoms with Crippen LogP contribution in [0.1, 0.15) is 13.8 Å². The lowest BCUT2D eigenvalue weighted by Crippen LogP contribution is -2.09. The van der Waals surface area contributed by atoms with Crippen molar-refractivity contribution in [1.82, 2.24) is 4.72 Å². The number of hydrogen-bond donors (Lipinski definition) is 1. The first-order valence-electron chi connectivity index (χ1n) is 2.26. The summed E-state index contributed by atoms with van der Waals surface area (Å²) in [5.74, 6) is 0. The molecule has 0 bridgehead atoms. The van der Waals surface area contributed by atoms with Crippen LogP contribution in [-0.2, 0) is 0 Å². The van der Waals surface area contributed by atoms with E-state index in [1.165, 1.54) is 0 Å². The monoisotopic (exact) mass is 116 g/mol. The van der Waals surface area contributed by atoms with Gasteiger partial charge in [-0.3, -0.25) is 4.99 Å². The Bertz CT molecular complexity index is 99.9. The lowest BCUT2D eigenvalue weighted by molar-refractivity contribution is 0.752. The summed E-state index contributed by atoms with van der Waals surface area (Å²) in [6.45, 7) is 4.03. The Kier molecular flexibility index (Phi) is 1.35. The molecule has 1 unspecified atom stereocenters. The molecule has 1 aliphatic rings. The number of hydrogen-bond acceptors (Lipinski definition) is 3. The summed E-state index contributed by atoms with van der Waals surface area (Å²) < 4.78 is 3.08. The first kappa shape index (κ1) is 5.12. The Morgan fingerprint density at radius 3 is 2.71 bits per heavy atom. The maximum atomic E-state index is 4.16. The molecule has 2 nitrogen and oxygen atoms in total. The van der Waals surface area contributed by atoms with Gasteiger partial charge in [-0.1, -0.05) is 0 Å². The molecule has 3 heteroatoms. The highest BCUT2D eigenvalue weighted by atomic mass is 32.2. The lowest BCUT2D eigenvalue weighted by atomic mass is 10.6. The van der Waals surface area contributed by atoms with Gasteiger partial charge in [0.25, 0.3) is 0 Å². The van der Waals surface area contributed by atoms with Gasteiger partial charge in [-0.2, -0.15) is 0 Å². The molecule has 0 fully saturated rings. The molecule has 1 N–H and O–H groups in total. The predicted molar refractivity (Wildman–Crippen MR) is 33.3 cm³/mol. The van der Waals surface area contributed by atoms with Crippen molar-refractivity contribution in [3.8, 4) is 0 Å². The van der Waals surface area contributed by atoms with Gasteiger partial charge in [0.2, 0.25) is 0 Å². The topological polar surface area (TPSA) is 24.4 Å². The first-order chi connectivity index (χ1) is 3.29. The Morgan fingerprint density at radius 1 is 1.86 bits per heavy atom. The Balaban J connectivity index is 2.50. The zero-order valence-corrected chi connectivity index (χ0v) is 5.25. The molecule has 1 rings (SSSR count). The van der Waals surface area contributed by atoms with Crippen molar-refractivity contribution < 1.29 is 0 Å². The van der Waals surface area contributed by atoms with Gasteiger partial charge in [-0.05, 0) is 25.8 Å². The molecule has 0 saturated heterocycles. The highest BCUT2D eigenvalue weighted by Gasteiger charge is 2.06. The minimum absolute atomic E-state index is 0.324. The highest BCUT2D eigenvalue weighted by Crippen LogP contribution is 2.08. The summed E-state index contributed by atoms with van der Waals surface area (Å²) >= 11 is 1.61. The average Bonchev–Trinajstić information content (AvgIpc) is 1.87. The standard InChI is InChI=1S/C4H8N2S/c1-3-5-4(2)7-6-3/h3,6H,1-2H3. The summed E-state index contributed by atoms with van der Waals surface area (Å²) in [4.78, 5) is 4.16. The van der Waals surface area contributed by atoms with Crippen molar-refractivity contribution in [2.45, 2.75) is 20.0 Å². The Labute approximate surface area is 47.5 Å². The van der Waals surface area contributed by atoms with Crippen molar-refractivity contribution in [3.63, 3.8) is 0 Å².